The molecule has 0 atom stereocenters. The second-order valence-corrected chi connectivity index (χ2v) is 8.57. The minimum absolute atomic E-state index is 0.00372. The number of amides is 1. The molecule has 1 saturated heterocycles. The summed E-state index contributed by atoms with van der Waals surface area (Å²) in [7, 11) is 0. The fraction of sp³-hybridized carbons (Fsp3) is 0.381. The Kier molecular flexibility index (Phi) is 4.82. The molecule has 0 N–H and O–H groups in total. The molecule has 0 radical (unpaired) electrons. The number of thiazole rings is 1. The van der Waals surface area contributed by atoms with E-state index in [1.807, 2.05) is 27.9 Å². The van der Waals surface area contributed by atoms with Crippen molar-refractivity contribution in [2.45, 2.75) is 38.6 Å². The van der Waals surface area contributed by atoms with Crippen LogP contribution in [0.5, 0.6) is 0 Å². The summed E-state index contributed by atoms with van der Waals surface area (Å²) < 4.78 is 7.60. The van der Waals surface area contributed by atoms with Crippen molar-refractivity contribution in [1.82, 2.24) is 29.8 Å². The van der Waals surface area contributed by atoms with Gasteiger partial charge < -0.3 is 9.42 Å². The second kappa shape index (κ2) is 7.64. The molecule has 154 valence electrons. The highest BCUT2D eigenvalue weighted by atomic mass is 32.1. The van der Waals surface area contributed by atoms with E-state index in [-0.39, 0.29) is 17.9 Å². The Bertz CT molecular complexity index is 1170. The van der Waals surface area contributed by atoms with Crippen LogP contribution >= 0.6 is 11.3 Å². The predicted octanol–water partition coefficient (Wildman–Crippen LogP) is 4.14. The molecule has 0 spiro atoms. The molecular weight excluding hydrogens is 400 g/mol. The molecule has 1 fully saturated rings. The van der Waals surface area contributed by atoms with E-state index in [1.165, 1.54) is 11.3 Å². The molecule has 9 heteroatoms. The molecule has 4 aromatic rings. The largest absolute Gasteiger partial charge is 0.339 e. The Hall–Kier alpha value is -3.07. The zero-order chi connectivity index (χ0) is 20.7. The number of fused-ring (bicyclic) bond motifs is 1. The van der Waals surface area contributed by atoms with Gasteiger partial charge in [-0.25, -0.2) is 4.98 Å². The lowest BCUT2D eigenvalue weighted by Crippen LogP contribution is -2.38. The van der Waals surface area contributed by atoms with E-state index < -0.39 is 0 Å². The molecule has 5 rings (SSSR count). The second-order valence-electron chi connectivity index (χ2n) is 7.85. The molecular formula is C21H22N6O2S. The number of rotatable bonds is 4. The van der Waals surface area contributed by atoms with Gasteiger partial charge in [-0.15, -0.1) is 11.3 Å². The summed E-state index contributed by atoms with van der Waals surface area (Å²) in [6.07, 6.45) is 3.48. The molecule has 1 aromatic carbocycles. The van der Waals surface area contributed by atoms with E-state index in [0.29, 0.717) is 30.5 Å². The van der Waals surface area contributed by atoms with Gasteiger partial charge in [0.25, 0.3) is 5.91 Å². The number of likely N-dealkylation sites (tertiary alicyclic amines) is 1. The zero-order valence-corrected chi connectivity index (χ0v) is 17.7. The quantitative estimate of drug-likeness (QED) is 0.491. The highest BCUT2D eigenvalue weighted by Crippen LogP contribution is 2.30. The molecule has 1 aliphatic heterocycles. The molecule has 0 aliphatic carbocycles. The summed E-state index contributed by atoms with van der Waals surface area (Å²) in [5, 5.41) is 11.6. The van der Waals surface area contributed by atoms with Gasteiger partial charge in [-0.05, 0) is 32.8 Å². The third-order valence-electron chi connectivity index (χ3n) is 5.57. The monoisotopic (exact) mass is 422 g/mol. The SMILES string of the molecule is CC(C)n1ncc2ccc(-c3noc(C4CCN(C(=O)c5cscn5)CC4)n3)cc21. The fourth-order valence-electron chi connectivity index (χ4n) is 3.92. The van der Waals surface area contributed by atoms with Gasteiger partial charge in [-0.3, -0.25) is 9.48 Å². The Labute approximate surface area is 177 Å². The lowest BCUT2D eigenvalue weighted by molar-refractivity contribution is 0.0699. The first-order valence-corrected chi connectivity index (χ1v) is 11.0. The first kappa shape index (κ1) is 18.9. The number of carbonyl (C=O) groups is 1. The van der Waals surface area contributed by atoms with Crippen molar-refractivity contribution >= 4 is 28.1 Å². The van der Waals surface area contributed by atoms with E-state index in [9.17, 15) is 4.79 Å². The van der Waals surface area contributed by atoms with E-state index in [1.54, 1.807) is 10.9 Å². The number of hydrogen-bond donors (Lipinski definition) is 0. The smallest absolute Gasteiger partial charge is 0.273 e. The maximum Gasteiger partial charge on any atom is 0.273 e. The van der Waals surface area contributed by atoms with Crippen LogP contribution in [0.1, 0.15) is 55.0 Å². The first-order valence-electron chi connectivity index (χ1n) is 10.1. The number of nitrogens with zero attached hydrogens (tertiary/aromatic N) is 6. The average Bonchev–Trinajstić information content (AvgIpc) is 3.53. The van der Waals surface area contributed by atoms with Crippen molar-refractivity contribution in [2.24, 2.45) is 0 Å². The highest BCUT2D eigenvalue weighted by Gasteiger charge is 2.28. The van der Waals surface area contributed by atoms with Gasteiger partial charge in [-0.2, -0.15) is 10.1 Å². The summed E-state index contributed by atoms with van der Waals surface area (Å²) in [6.45, 7) is 5.55. The van der Waals surface area contributed by atoms with Crippen LogP contribution in [-0.4, -0.2) is 48.8 Å². The third kappa shape index (κ3) is 3.39. The molecule has 0 unspecified atom stereocenters. The maximum atomic E-state index is 12.5. The average molecular weight is 423 g/mol. The Morgan fingerprint density at radius 1 is 1.27 bits per heavy atom. The van der Waals surface area contributed by atoms with Crippen LogP contribution in [0.2, 0.25) is 0 Å². The van der Waals surface area contributed by atoms with Gasteiger partial charge in [0.2, 0.25) is 11.7 Å². The fourth-order valence-corrected chi connectivity index (χ4v) is 4.44. The third-order valence-corrected chi connectivity index (χ3v) is 6.16. The standard InChI is InChI=1S/C21H22N6O2S/c1-13(2)27-18-9-15(3-4-16(18)10-23-27)19-24-20(29-25-19)14-5-7-26(8-6-14)21(28)17-11-30-12-22-17/h3-4,9-14H,5-8H2,1-2H3. The van der Waals surface area contributed by atoms with Gasteiger partial charge in [0, 0.05) is 41.4 Å². The molecule has 3 aromatic heterocycles. The number of benzene rings is 1. The van der Waals surface area contributed by atoms with Crippen LogP contribution in [-0.2, 0) is 0 Å². The molecule has 1 aliphatic rings. The topological polar surface area (TPSA) is 89.9 Å². The van der Waals surface area contributed by atoms with Gasteiger partial charge in [0.15, 0.2) is 0 Å². The summed E-state index contributed by atoms with van der Waals surface area (Å²) >= 11 is 1.44. The Morgan fingerprint density at radius 2 is 2.10 bits per heavy atom. The summed E-state index contributed by atoms with van der Waals surface area (Å²) in [6, 6.07) is 6.37. The lowest BCUT2D eigenvalue weighted by Gasteiger charge is -2.29. The molecule has 0 bridgehead atoms. The molecule has 4 heterocycles. The minimum Gasteiger partial charge on any atom is -0.339 e. The van der Waals surface area contributed by atoms with Crippen molar-refractivity contribution in [1.29, 1.82) is 0 Å². The highest BCUT2D eigenvalue weighted by molar-refractivity contribution is 7.07. The van der Waals surface area contributed by atoms with Crippen molar-refractivity contribution < 1.29 is 9.32 Å². The van der Waals surface area contributed by atoms with E-state index in [4.69, 9.17) is 4.52 Å². The van der Waals surface area contributed by atoms with Crippen LogP contribution in [0.25, 0.3) is 22.3 Å². The Morgan fingerprint density at radius 3 is 2.83 bits per heavy atom. The molecule has 0 saturated carbocycles. The number of hydrogen-bond acceptors (Lipinski definition) is 7. The van der Waals surface area contributed by atoms with E-state index in [0.717, 1.165) is 29.3 Å². The Balaban J connectivity index is 1.31. The lowest BCUT2D eigenvalue weighted by atomic mass is 9.96. The van der Waals surface area contributed by atoms with Crippen molar-refractivity contribution in [3.05, 3.63) is 46.9 Å². The normalized spacial score (nSPS) is 15.4. The van der Waals surface area contributed by atoms with Gasteiger partial charge in [0.1, 0.15) is 5.69 Å². The maximum absolute atomic E-state index is 12.5. The predicted molar refractivity (Wildman–Crippen MR) is 113 cm³/mol. The summed E-state index contributed by atoms with van der Waals surface area (Å²) in [5.41, 5.74) is 4.18. The van der Waals surface area contributed by atoms with Crippen LogP contribution in [0.15, 0.2) is 39.8 Å². The first-order chi connectivity index (χ1) is 14.6. The van der Waals surface area contributed by atoms with E-state index in [2.05, 4.69) is 40.1 Å². The van der Waals surface area contributed by atoms with Crippen molar-refractivity contribution in [3.8, 4) is 11.4 Å². The molecule has 1 amide bonds. The molecule has 8 nitrogen and oxygen atoms in total. The van der Waals surface area contributed by atoms with Crippen molar-refractivity contribution in [2.75, 3.05) is 13.1 Å². The summed E-state index contributed by atoms with van der Waals surface area (Å²) in [4.78, 5) is 23.1. The van der Waals surface area contributed by atoms with Gasteiger partial charge in [0.05, 0.1) is 17.2 Å². The van der Waals surface area contributed by atoms with Crippen LogP contribution in [0.3, 0.4) is 0 Å². The van der Waals surface area contributed by atoms with Crippen LogP contribution < -0.4 is 0 Å². The zero-order valence-electron chi connectivity index (χ0n) is 16.9. The van der Waals surface area contributed by atoms with Gasteiger partial charge >= 0.3 is 0 Å². The molecule has 30 heavy (non-hydrogen) atoms. The number of carbonyl (C=O) groups excluding carboxylic acids is 1. The van der Waals surface area contributed by atoms with Gasteiger partial charge in [-0.1, -0.05) is 17.3 Å². The van der Waals surface area contributed by atoms with E-state index >= 15 is 0 Å². The number of piperidine rings is 1. The number of aromatic nitrogens is 5. The van der Waals surface area contributed by atoms with Crippen molar-refractivity contribution in [3.63, 3.8) is 0 Å². The van der Waals surface area contributed by atoms with Crippen LogP contribution in [0.4, 0.5) is 0 Å². The van der Waals surface area contributed by atoms with Crippen LogP contribution in [0, 0.1) is 0 Å². The minimum atomic E-state index is -0.00372. The summed E-state index contributed by atoms with van der Waals surface area (Å²) in [5.74, 6) is 1.39.